The first-order chi connectivity index (χ1) is 9.04. The zero-order valence-electron chi connectivity index (χ0n) is 11.6. The average Bonchev–Trinajstić information content (AvgIpc) is 2.42. The largest absolute Gasteiger partial charge is 0.480 e. The van der Waals surface area contributed by atoms with E-state index >= 15 is 0 Å². The number of rotatable bonds is 6. The number of aliphatic carboxylic acids is 1. The third-order valence-corrected chi connectivity index (χ3v) is 3.57. The van der Waals surface area contributed by atoms with Crippen molar-refractivity contribution < 1.29 is 19.4 Å². The van der Waals surface area contributed by atoms with Crippen LogP contribution in [0.4, 0.5) is 4.79 Å². The van der Waals surface area contributed by atoms with E-state index in [4.69, 9.17) is 9.84 Å². The molecule has 6 nitrogen and oxygen atoms in total. The summed E-state index contributed by atoms with van der Waals surface area (Å²) in [6, 6.07) is -1.26. The second kappa shape index (κ2) is 7.99. The molecule has 6 heteroatoms. The van der Waals surface area contributed by atoms with Gasteiger partial charge in [0.15, 0.2) is 0 Å². The molecular formula is C13H24N2O4. The molecule has 1 aliphatic rings. The molecule has 1 heterocycles. The molecular weight excluding hydrogens is 248 g/mol. The molecule has 0 spiro atoms. The fraction of sp³-hybridized carbons (Fsp3) is 0.846. The van der Waals surface area contributed by atoms with Crippen LogP contribution in [0.25, 0.3) is 0 Å². The Morgan fingerprint density at radius 1 is 1.47 bits per heavy atom. The number of hydrogen-bond donors (Lipinski definition) is 3. The highest BCUT2D eigenvalue weighted by molar-refractivity contribution is 5.82. The number of hydrogen-bond acceptors (Lipinski definition) is 3. The summed E-state index contributed by atoms with van der Waals surface area (Å²) in [5.74, 6) is -0.766. The third-order valence-electron chi connectivity index (χ3n) is 3.57. The lowest BCUT2D eigenvalue weighted by Crippen LogP contribution is -2.50. The van der Waals surface area contributed by atoms with Gasteiger partial charge in [0.05, 0.1) is 6.61 Å². The van der Waals surface area contributed by atoms with E-state index in [1.807, 2.05) is 13.8 Å². The number of amides is 2. The molecule has 1 fully saturated rings. The van der Waals surface area contributed by atoms with Gasteiger partial charge in [-0.25, -0.2) is 9.59 Å². The summed E-state index contributed by atoms with van der Waals surface area (Å²) < 4.78 is 5.32. The zero-order chi connectivity index (χ0) is 14.3. The Bertz CT molecular complexity index is 303. The summed E-state index contributed by atoms with van der Waals surface area (Å²) in [4.78, 5) is 22.8. The van der Waals surface area contributed by atoms with Gasteiger partial charge in [0, 0.05) is 13.2 Å². The number of ether oxygens (including phenoxy) is 1. The van der Waals surface area contributed by atoms with E-state index in [9.17, 15) is 9.59 Å². The Kier molecular flexibility index (Phi) is 6.62. The molecule has 0 aromatic carbocycles. The summed E-state index contributed by atoms with van der Waals surface area (Å²) in [5, 5.41) is 14.3. The molecule has 0 aliphatic carbocycles. The third kappa shape index (κ3) is 5.46. The molecule has 0 aromatic heterocycles. The Morgan fingerprint density at radius 3 is 2.74 bits per heavy atom. The van der Waals surface area contributed by atoms with Gasteiger partial charge in [0.25, 0.3) is 0 Å². The molecule has 3 unspecified atom stereocenters. The highest BCUT2D eigenvalue weighted by Crippen LogP contribution is 2.12. The van der Waals surface area contributed by atoms with E-state index < -0.39 is 18.0 Å². The summed E-state index contributed by atoms with van der Waals surface area (Å²) in [6.07, 6.45) is 2.75. The van der Waals surface area contributed by atoms with E-state index in [1.165, 1.54) is 0 Å². The van der Waals surface area contributed by atoms with Crippen molar-refractivity contribution in [2.45, 2.75) is 39.2 Å². The lowest BCUT2D eigenvalue weighted by Gasteiger charge is -2.24. The van der Waals surface area contributed by atoms with Crippen LogP contribution in [0.5, 0.6) is 0 Å². The Morgan fingerprint density at radius 2 is 2.21 bits per heavy atom. The molecule has 19 heavy (non-hydrogen) atoms. The molecule has 2 amide bonds. The maximum absolute atomic E-state index is 11.7. The molecule has 1 rings (SSSR count). The fourth-order valence-electron chi connectivity index (χ4n) is 2.08. The molecule has 1 saturated heterocycles. The standard InChI is InChI=1S/C13H24N2O4/c1-3-9(2)11(12(16)17)15-13(18)14-7-10-5-4-6-19-8-10/h9-11H,3-8H2,1-2H3,(H,16,17)(H2,14,15,18). The quantitative estimate of drug-likeness (QED) is 0.678. The number of carbonyl (C=O) groups excluding carboxylic acids is 1. The van der Waals surface area contributed by atoms with E-state index in [1.54, 1.807) is 0 Å². The van der Waals surface area contributed by atoms with Gasteiger partial charge in [0.2, 0.25) is 0 Å². The van der Waals surface area contributed by atoms with Crippen molar-refractivity contribution in [2.24, 2.45) is 11.8 Å². The molecule has 110 valence electrons. The van der Waals surface area contributed by atoms with Crippen LogP contribution in [0.15, 0.2) is 0 Å². The van der Waals surface area contributed by atoms with Gasteiger partial charge < -0.3 is 20.5 Å². The van der Waals surface area contributed by atoms with Crippen molar-refractivity contribution >= 4 is 12.0 Å². The monoisotopic (exact) mass is 272 g/mol. The van der Waals surface area contributed by atoms with Crippen molar-refractivity contribution in [1.29, 1.82) is 0 Å². The molecule has 3 atom stereocenters. The first-order valence-electron chi connectivity index (χ1n) is 6.89. The fourth-order valence-corrected chi connectivity index (χ4v) is 2.08. The second-order valence-electron chi connectivity index (χ2n) is 5.14. The molecule has 3 N–H and O–H groups in total. The van der Waals surface area contributed by atoms with Gasteiger partial charge in [-0.05, 0) is 24.7 Å². The van der Waals surface area contributed by atoms with Gasteiger partial charge in [-0.3, -0.25) is 0 Å². The van der Waals surface area contributed by atoms with Crippen molar-refractivity contribution in [3.63, 3.8) is 0 Å². The van der Waals surface area contributed by atoms with E-state index in [0.717, 1.165) is 19.4 Å². The number of nitrogens with one attached hydrogen (secondary N) is 2. The predicted octanol–water partition coefficient (Wildman–Crippen LogP) is 1.21. The van der Waals surface area contributed by atoms with Crippen LogP contribution >= 0.6 is 0 Å². The van der Waals surface area contributed by atoms with Crippen LogP contribution in [0.2, 0.25) is 0 Å². The number of carbonyl (C=O) groups is 2. The van der Waals surface area contributed by atoms with Crippen molar-refractivity contribution in [1.82, 2.24) is 10.6 Å². The van der Waals surface area contributed by atoms with Gasteiger partial charge in [-0.15, -0.1) is 0 Å². The SMILES string of the molecule is CCC(C)C(NC(=O)NCC1CCCOC1)C(=O)O. The van der Waals surface area contributed by atoms with Crippen molar-refractivity contribution in [2.75, 3.05) is 19.8 Å². The summed E-state index contributed by atoms with van der Waals surface area (Å²) in [5.41, 5.74) is 0. The van der Waals surface area contributed by atoms with Gasteiger partial charge in [-0.1, -0.05) is 20.3 Å². The molecule has 0 bridgehead atoms. The van der Waals surface area contributed by atoms with Crippen molar-refractivity contribution in [3.05, 3.63) is 0 Å². The summed E-state index contributed by atoms with van der Waals surface area (Å²) in [6.45, 7) is 5.69. The zero-order valence-corrected chi connectivity index (χ0v) is 11.6. The molecule has 0 saturated carbocycles. The molecule has 1 aliphatic heterocycles. The average molecular weight is 272 g/mol. The molecule has 0 aromatic rings. The Balaban J connectivity index is 2.33. The van der Waals surface area contributed by atoms with Gasteiger partial charge in [0.1, 0.15) is 6.04 Å². The number of carboxylic acids is 1. The minimum atomic E-state index is -0.995. The minimum Gasteiger partial charge on any atom is -0.480 e. The lowest BCUT2D eigenvalue weighted by molar-refractivity contribution is -0.140. The molecule has 0 radical (unpaired) electrons. The number of urea groups is 1. The van der Waals surface area contributed by atoms with Crippen LogP contribution in [-0.4, -0.2) is 42.9 Å². The van der Waals surface area contributed by atoms with Crippen LogP contribution in [0.3, 0.4) is 0 Å². The van der Waals surface area contributed by atoms with Crippen LogP contribution in [0.1, 0.15) is 33.1 Å². The maximum atomic E-state index is 11.7. The van der Waals surface area contributed by atoms with E-state index in [0.29, 0.717) is 25.5 Å². The maximum Gasteiger partial charge on any atom is 0.326 e. The normalized spacial score (nSPS) is 22.3. The smallest absolute Gasteiger partial charge is 0.326 e. The predicted molar refractivity (Wildman–Crippen MR) is 71.0 cm³/mol. The lowest BCUT2D eigenvalue weighted by atomic mass is 9.99. The summed E-state index contributed by atoms with van der Waals surface area (Å²) in [7, 11) is 0. The minimum absolute atomic E-state index is 0.0961. The highest BCUT2D eigenvalue weighted by Gasteiger charge is 2.25. The van der Waals surface area contributed by atoms with Gasteiger partial charge in [-0.2, -0.15) is 0 Å². The van der Waals surface area contributed by atoms with Crippen LogP contribution in [0, 0.1) is 11.8 Å². The Hall–Kier alpha value is -1.30. The van der Waals surface area contributed by atoms with Crippen LogP contribution < -0.4 is 10.6 Å². The topological polar surface area (TPSA) is 87.7 Å². The van der Waals surface area contributed by atoms with Gasteiger partial charge >= 0.3 is 12.0 Å². The number of carboxylic acid groups (broad SMARTS) is 1. The first kappa shape index (κ1) is 15.8. The van der Waals surface area contributed by atoms with E-state index in [2.05, 4.69) is 10.6 Å². The Labute approximate surface area is 113 Å². The highest BCUT2D eigenvalue weighted by atomic mass is 16.5. The van der Waals surface area contributed by atoms with Crippen LogP contribution in [-0.2, 0) is 9.53 Å². The van der Waals surface area contributed by atoms with E-state index in [-0.39, 0.29) is 5.92 Å². The summed E-state index contributed by atoms with van der Waals surface area (Å²) >= 11 is 0. The van der Waals surface area contributed by atoms with Crippen molar-refractivity contribution in [3.8, 4) is 0 Å². The second-order valence-corrected chi connectivity index (χ2v) is 5.14. The first-order valence-corrected chi connectivity index (χ1v) is 6.89.